The second-order valence-electron chi connectivity index (χ2n) is 3.88. The third-order valence-electron chi connectivity index (χ3n) is 2.60. The molecular weight excluding hydrogens is 379 g/mol. The second kappa shape index (κ2) is 4.68. The highest BCUT2D eigenvalue weighted by Gasteiger charge is 2.09. The van der Waals surface area contributed by atoms with E-state index in [9.17, 15) is 0 Å². The summed E-state index contributed by atoms with van der Waals surface area (Å²) >= 11 is 13.0. The summed E-state index contributed by atoms with van der Waals surface area (Å²) in [4.78, 5) is 7.87. The Hall–Kier alpha value is -0.840. The zero-order valence-electron chi connectivity index (χ0n) is 9.05. The van der Waals surface area contributed by atoms with Gasteiger partial charge in [0.1, 0.15) is 11.3 Å². The van der Waals surface area contributed by atoms with Crippen LogP contribution in [0, 0.1) is 0 Å². The molecule has 18 heavy (non-hydrogen) atoms. The number of hydrogen-bond donors (Lipinski definition) is 1. The molecule has 0 fully saturated rings. The molecule has 0 saturated heterocycles. The average molecular weight is 386 g/mol. The van der Waals surface area contributed by atoms with E-state index >= 15 is 0 Å². The van der Waals surface area contributed by atoms with E-state index in [1.165, 1.54) is 0 Å². The number of halogens is 3. The van der Waals surface area contributed by atoms with Gasteiger partial charge in [-0.25, -0.2) is 4.98 Å². The first-order valence-corrected chi connectivity index (χ1v) is 7.20. The molecule has 1 aromatic heterocycles. The van der Waals surface area contributed by atoms with Gasteiger partial charge in [-0.05, 0) is 40.2 Å². The Bertz CT molecular complexity index is 737. The molecule has 0 amide bonds. The van der Waals surface area contributed by atoms with Gasteiger partial charge in [-0.2, -0.15) is 0 Å². The Morgan fingerprint density at radius 2 is 1.94 bits per heavy atom. The number of H-pyrrole nitrogens is 1. The van der Waals surface area contributed by atoms with Crippen LogP contribution >= 0.6 is 43.5 Å². The van der Waals surface area contributed by atoms with Crippen molar-refractivity contribution in [3.05, 3.63) is 50.4 Å². The van der Waals surface area contributed by atoms with E-state index in [1.807, 2.05) is 36.4 Å². The van der Waals surface area contributed by atoms with Crippen molar-refractivity contribution in [3.63, 3.8) is 0 Å². The molecule has 0 bridgehead atoms. The highest BCUT2D eigenvalue weighted by atomic mass is 79.9. The van der Waals surface area contributed by atoms with Crippen LogP contribution in [-0.4, -0.2) is 9.97 Å². The quantitative estimate of drug-likeness (QED) is 0.595. The van der Waals surface area contributed by atoms with Gasteiger partial charge in [-0.3, -0.25) is 0 Å². The van der Waals surface area contributed by atoms with E-state index in [2.05, 4.69) is 41.8 Å². The lowest BCUT2D eigenvalue weighted by molar-refractivity contribution is 1.33. The lowest BCUT2D eigenvalue weighted by atomic mass is 10.2. The topological polar surface area (TPSA) is 28.7 Å². The van der Waals surface area contributed by atoms with Crippen molar-refractivity contribution in [2.45, 2.75) is 0 Å². The van der Waals surface area contributed by atoms with Crippen molar-refractivity contribution in [2.75, 3.05) is 0 Å². The average Bonchev–Trinajstić information content (AvgIpc) is 2.73. The minimum Gasteiger partial charge on any atom is -0.338 e. The SMILES string of the molecule is Clc1cccc(-c2nc3c(Br)cc(Br)cc3[nH]2)c1. The maximum absolute atomic E-state index is 5.99. The van der Waals surface area contributed by atoms with Crippen molar-refractivity contribution in [1.82, 2.24) is 9.97 Å². The second-order valence-corrected chi connectivity index (χ2v) is 6.09. The van der Waals surface area contributed by atoms with Crippen molar-refractivity contribution < 1.29 is 0 Å². The lowest BCUT2D eigenvalue weighted by Crippen LogP contribution is -1.79. The maximum atomic E-state index is 5.99. The number of aromatic nitrogens is 2. The summed E-state index contributed by atoms with van der Waals surface area (Å²) in [6.45, 7) is 0. The van der Waals surface area contributed by atoms with Crippen molar-refractivity contribution in [2.24, 2.45) is 0 Å². The predicted octanol–water partition coefficient (Wildman–Crippen LogP) is 5.41. The summed E-state index contributed by atoms with van der Waals surface area (Å²) in [6, 6.07) is 11.6. The van der Waals surface area contributed by atoms with Crippen LogP contribution in [0.15, 0.2) is 45.3 Å². The Morgan fingerprint density at radius 3 is 2.72 bits per heavy atom. The van der Waals surface area contributed by atoms with E-state index in [-0.39, 0.29) is 0 Å². The lowest BCUT2D eigenvalue weighted by Gasteiger charge is -1.96. The van der Waals surface area contributed by atoms with Gasteiger partial charge in [0.25, 0.3) is 0 Å². The van der Waals surface area contributed by atoms with Crippen LogP contribution in [0.1, 0.15) is 0 Å². The van der Waals surface area contributed by atoms with Crippen LogP contribution in [0.3, 0.4) is 0 Å². The van der Waals surface area contributed by atoms with Crippen LogP contribution in [0.2, 0.25) is 5.02 Å². The van der Waals surface area contributed by atoms with E-state index in [1.54, 1.807) is 0 Å². The Kier molecular flexibility index (Phi) is 3.18. The third-order valence-corrected chi connectivity index (χ3v) is 3.90. The monoisotopic (exact) mass is 384 g/mol. The van der Waals surface area contributed by atoms with Gasteiger partial charge in [0, 0.05) is 19.5 Å². The number of fused-ring (bicyclic) bond motifs is 1. The van der Waals surface area contributed by atoms with E-state index < -0.39 is 0 Å². The molecule has 0 saturated carbocycles. The summed E-state index contributed by atoms with van der Waals surface area (Å²) in [5.74, 6) is 0.811. The van der Waals surface area contributed by atoms with Crippen LogP contribution in [0.5, 0.6) is 0 Å². The number of imidazole rings is 1. The molecule has 0 atom stereocenters. The fraction of sp³-hybridized carbons (Fsp3) is 0. The summed E-state index contributed by atoms with van der Waals surface area (Å²) in [5.41, 5.74) is 2.86. The Labute approximate surface area is 126 Å². The molecule has 5 heteroatoms. The van der Waals surface area contributed by atoms with Crippen LogP contribution < -0.4 is 0 Å². The van der Waals surface area contributed by atoms with E-state index in [4.69, 9.17) is 11.6 Å². The maximum Gasteiger partial charge on any atom is 0.138 e. The molecular formula is C13H7Br2ClN2. The van der Waals surface area contributed by atoms with Gasteiger partial charge in [0.05, 0.1) is 5.52 Å². The molecule has 0 unspecified atom stereocenters. The van der Waals surface area contributed by atoms with Crippen LogP contribution in [-0.2, 0) is 0 Å². The number of nitrogens with one attached hydrogen (secondary N) is 1. The molecule has 2 nitrogen and oxygen atoms in total. The third kappa shape index (κ3) is 2.20. The fourth-order valence-electron chi connectivity index (χ4n) is 1.81. The number of nitrogens with zero attached hydrogens (tertiary/aromatic N) is 1. The summed E-state index contributed by atoms with van der Waals surface area (Å²) in [7, 11) is 0. The Morgan fingerprint density at radius 1 is 1.11 bits per heavy atom. The highest BCUT2D eigenvalue weighted by Crippen LogP contribution is 2.30. The first-order valence-electron chi connectivity index (χ1n) is 5.24. The molecule has 3 rings (SSSR count). The standard InChI is InChI=1S/C13H7Br2ClN2/c14-8-5-10(15)12-11(6-8)17-13(18-12)7-2-1-3-9(16)4-7/h1-6H,(H,17,18). The first kappa shape index (κ1) is 12.2. The molecule has 0 spiro atoms. The summed E-state index contributed by atoms with van der Waals surface area (Å²) < 4.78 is 1.96. The largest absolute Gasteiger partial charge is 0.338 e. The summed E-state index contributed by atoms with van der Waals surface area (Å²) in [5, 5.41) is 0.702. The zero-order valence-corrected chi connectivity index (χ0v) is 13.0. The van der Waals surface area contributed by atoms with Gasteiger partial charge >= 0.3 is 0 Å². The van der Waals surface area contributed by atoms with Crippen molar-refractivity contribution in [1.29, 1.82) is 0 Å². The molecule has 2 aromatic carbocycles. The van der Waals surface area contributed by atoms with Gasteiger partial charge in [-0.1, -0.05) is 39.7 Å². The number of aromatic amines is 1. The van der Waals surface area contributed by atoms with Gasteiger partial charge in [0.15, 0.2) is 0 Å². The predicted molar refractivity (Wildman–Crippen MR) is 81.9 cm³/mol. The van der Waals surface area contributed by atoms with Crippen LogP contribution in [0.4, 0.5) is 0 Å². The number of benzene rings is 2. The molecule has 3 aromatic rings. The van der Waals surface area contributed by atoms with Gasteiger partial charge in [-0.15, -0.1) is 0 Å². The number of rotatable bonds is 1. The smallest absolute Gasteiger partial charge is 0.138 e. The fourth-order valence-corrected chi connectivity index (χ4v) is 3.32. The minimum absolute atomic E-state index is 0.702. The summed E-state index contributed by atoms with van der Waals surface area (Å²) in [6.07, 6.45) is 0. The van der Waals surface area contributed by atoms with Crippen LogP contribution in [0.25, 0.3) is 22.4 Å². The highest BCUT2D eigenvalue weighted by molar-refractivity contribution is 9.11. The van der Waals surface area contributed by atoms with Gasteiger partial charge < -0.3 is 4.98 Å². The molecule has 0 aliphatic rings. The molecule has 0 aliphatic carbocycles. The van der Waals surface area contributed by atoms with E-state index in [0.29, 0.717) is 5.02 Å². The molecule has 1 heterocycles. The molecule has 0 radical (unpaired) electrons. The van der Waals surface area contributed by atoms with Crippen molar-refractivity contribution in [3.8, 4) is 11.4 Å². The van der Waals surface area contributed by atoms with Crippen molar-refractivity contribution >= 4 is 54.5 Å². The number of hydrogen-bond acceptors (Lipinski definition) is 1. The normalized spacial score (nSPS) is 11.1. The molecule has 0 aliphatic heterocycles. The minimum atomic E-state index is 0.702. The zero-order chi connectivity index (χ0) is 12.7. The molecule has 1 N–H and O–H groups in total. The molecule has 90 valence electrons. The van der Waals surface area contributed by atoms with Gasteiger partial charge in [0.2, 0.25) is 0 Å². The van der Waals surface area contributed by atoms with E-state index in [0.717, 1.165) is 31.4 Å². The Balaban J connectivity index is 2.22. The first-order chi connectivity index (χ1) is 8.63.